The van der Waals surface area contributed by atoms with Crippen LogP contribution in [-0.4, -0.2) is 28.9 Å². The van der Waals surface area contributed by atoms with E-state index in [2.05, 4.69) is 27.6 Å². The van der Waals surface area contributed by atoms with E-state index in [1.807, 2.05) is 66.1 Å². The van der Waals surface area contributed by atoms with Crippen molar-refractivity contribution in [2.75, 3.05) is 7.11 Å². The highest BCUT2D eigenvalue weighted by Crippen LogP contribution is 2.39. The van der Waals surface area contributed by atoms with Gasteiger partial charge >= 0.3 is 0 Å². The SMILES string of the molecule is COc1cc(C=C2C(=N)N3C(c4ccccc4)=CSC3=NC2=O)cc(I)c1OCc1ccc(Cl)cc1. The summed E-state index contributed by atoms with van der Waals surface area (Å²) in [5.74, 6) is 0.773. The number of benzene rings is 3. The van der Waals surface area contributed by atoms with Crippen molar-refractivity contribution in [2.45, 2.75) is 6.61 Å². The Labute approximate surface area is 231 Å². The molecular weight excluding hydrogens is 609 g/mol. The molecule has 2 aliphatic heterocycles. The highest BCUT2D eigenvalue weighted by Gasteiger charge is 2.36. The highest BCUT2D eigenvalue weighted by atomic mass is 127. The lowest BCUT2D eigenvalue weighted by molar-refractivity contribution is -0.114. The van der Waals surface area contributed by atoms with Crippen LogP contribution in [0, 0.1) is 8.98 Å². The molecule has 2 heterocycles. The summed E-state index contributed by atoms with van der Waals surface area (Å²) < 4.78 is 12.5. The van der Waals surface area contributed by atoms with Gasteiger partial charge in [-0.1, -0.05) is 65.8 Å². The minimum atomic E-state index is -0.446. The van der Waals surface area contributed by atoms with Crippen LogP contribution < -0.4 is 9.47 Å². The first-order chi connectivity index (χ1) is 17.4. The molecule has 0 atom stereocenters. The van der Waals surface area contributed by atoms with Crippen molar-refractivity contribution in [3.8, 4) is 11.5 Å². The molecule has 1 amide bonds. The summed E-state index contributed by atoms with van der Waals surface area (Å²) >= 11 is 9.49. The average Bonchev–Trinajstić information content (AvgIpc) is 3.31. The Balaban J connectivity index is 1.43. The summed E-state index contributed by atoms with van der Waals surface area (Å²) in [7, 11) is 1.57. The molecule has 0 unspecified atom stereocenters. The van der Waals surface area contributed by atoms with Crippen LogP contribution >= 0.6 is 46.0 Å². The zero-order valence-electron chi connectivity index (χ0n) is 19.0. The molecule has 180 valence electrons. The van der Waals surface area contributed by atoms with Gasteiger partial charge in [-0.15, -0.1) is 0 Å². The maximum atomic E-state index is 12.9. The summed E-state index contributed by atoms with van der Waals surface area (Å²) in [5.41, 5.74) is 3.66. The number of amidine groups is 2. The first-order valence-corrected chi connectivity index (χ1v) is 13.2. The topological polar surface area (TPSA) is 75.0 Å². The molecule has 9 heteroatoms. The van der Waals surface area contributed by atoms with Crippen molar-refractivity contribution >= 4 is 74.6 Å². The molecule has 0 bridgehead atoms. The summed E-state index contributed by atoms with van der Waals surface area (Å²) in [6.45, 7) is 0.353. The third kappa shape index (κ3) is 4.93. The molecule has 0 aromatic heterocycles. The minimum Gasteiger partial charge on any atom is -0.493 e. The molecule has 3 aromatic rings. The van der Waals surface area contributed by atoms with E-state index in [0.29, 0.717) is 33.9 Å². The van der Waals surface area contributed by atoms with Crippen LogP contribution in [-0.2, 0) is 11.4 Å². The summed E-state index contributed by atoms with van der Waals surface area (Å²) in [5, 5.41) is 11.9. The summed E-state index contributed by atoms with van der Waals surface area (Å²) in [6, 6.07) is 20.9. The number of methoxy groups -OCH3 is 1. The standard InChI is InChI=1S/C27H19ClIN3O3S/c1-34-23-13-17(12-21(29)24(23)35-14-16-7-9-19(28)10-8-16)11-20-25(30)32-22(18-5-3-2-4-6-18)15-36-27(32)31-26(20)33/h2-13,15,30H,14H2,1H3. The van der Waals surface area contributed by atoms with Gasteiger partial charge < -0.3 is 9.47 Å². The highest BCUT2D eigenvalue weighted by molar-refractivity contribution is 14.1. The fourth-order valence-electron chi connectivity index (χ4n) is 3.78. The van der Waals surface area contributed by atoms with E-state index in [1.165, 1.54) is 11.8 Å². The Kier molecular flexibility index (Phi) is 7.17. The molecule has 0 saturated heterocycles. The number of fused-ring (bicyclic) bond motifs is 1. The molecule has 5 rings (SSSR count). The van der Waals surface area contributed by atoms with Gasteiger partial charge in [0.2, 0.25) is 0 Å². The Morgan fingerprint density at radius 2 is 1.89 bits per heavy atom. The summed E-state index contributed by atoms with van der Waals surface area (Å²) in [6.07, 6.45) is 1.67. The second-order valence-electron chi connectivity index (χ2n) is 7.88. The Bertz CT molecular complexity index is 1450. The fourth-order valence-corrected chi connectivity index (χ4v) is 5.58. The Hall–Kier alpha value is -3.08. The lowest BCUT2D eigenvalue weighted by Crippen LogP contribution is -2.38. The average molecular weight is 628 g/mol. The molecule has 36 heavy (non-hydrogen) atoms. The number of rotatable bonds is 6. The van der Waals surface area contributed by atoms with E-state index >= 15 is 0 Å². The lowest BCUT2D eigenvalue weighted by atomic mass is 10.1. The van der Waals surface area contributed by atoms with Crippen molar-refractivity contribution in [1.82, 2.24) is 4.90 Å². The number of hydrogen-bond acceptors (Lipinski definition) is 5. The van der Waals surface area contributed by atoms with Crippen LogP contribution in [0.3, 0.4) is 0 Å². The minimum absolute atomic E-state index is 0.0853. The number of carbonyl (C=O) groups excluding carboxylic acids is 1. The number of halogens is 2. The second-order valence-corrected chi connectivity index (χ2v) is 10.3. The first kappa shape index (κ1) is 24.6. The van der Waals surface area contributed by atoms with Crippen LogP contribution in [0.4, 0.5) is 0 Å². The van der Waals surface area contributed by atoms with Crippen LogP contribution in [0.15, 0.2) is 82.7 Å². The molecule has 0 aliphatic carbocycles. The van der Waals surface area contributed by atoms with Gasteiger partial charge in [0, 0.05) is 10.4 Å². The van der Waals surface area contributed by atoms with Crippen molar-refractivity contribution < 1.29 is 14.3 Å². The van der Waals surface area contributed by atoms with E-state index in [1.54, 1.807) is 24.2 Å². The van der Waals surface area contributed by atoms with Gasteiger partial charge in [-0.25, -0.2) is 0 Å². The third-order valence-electron chi connectivity index (χ3n) is 5.54. The number of carbonyl (C=O) groups is 1. The third-order valence-corrected chi connectivity index (χ3v) is 7.42. The monoisotopic (exact) mass is 627 g/mol. The number of aliphatic imine (C=N–C) groups is 1. The predicted octanol–water partition coefficient (Wildman–Crippen LogP) is 6.84. The predicted molar refractivity (Wildman–Crippen MR) is 153 cm³/mol. The number of thioether (sulfide) groups is 1. The molecule has 0 spiro atoms. The van der Waals surface area contributed by atoms with Crippen molar-refractivity contribution in [3.63, 3.8) is 0 Å². The van der Waals surface area contributed by atoms with E-state index in [-0.39, 0.29) is 11.4 Å². The molecule has 6 nitrogen and oxygen atoms in total. The zero-order chi connectivity index (χ0) is 25.2. The lowest BCUT2D eigenvalue weighted by Gasteiger charge is -2.27. The molecule has 0 fully saturated rings. The molecule has 3 aromatic carbocycles. The van der Waals surface area contributed by atoms with Gasteiger partial charge in [0.15, 0.2) is 16.7 Å². The van der Waals surface area contributed by atoms with E-state index in [4.69, 9.17) is 26.5 Å². The number of amides is 1. The number of nitrogens with one attached hydrogen (secondary N) is 1. The first-order valence-electron chi connectivity index (χ1n) is 10.9. The van der Waals surface area contributed by atoms with Gasteiger partial charge in [0.05, 0.1) is 22.0 Å². The summed E-state index contributed by atoms with van der Waals surface area (Å²) in [4.78, 5) is 18.8. The van der Waals surface area contributed by atoms with Crippen molar-refractivity contribution in [2.24, 2.45) is 4.99 Å². The Morgan fingerprint density at radius 3 is 2.61 bits per heavy atom. The van der Waals surface area contributed by atoms with Gasteiger partial charge in [-0.05, 0) is 69.6 Å². The molecule has 2 aliphatic rings. The largest absolute Gasteiger partial charge is 0.493 e. The zero-order valence-corrected chi connectivity index (χ0v) is 22.7. The number of nitrogens with zero attached hydrogens (tertiary/aromatic N) is 2. The number of hydrogen-bond donors (Lipinski definition) is 1. The van der Waals surface area contributed by atoms with Gasteiger partial charge in [-0.3, -0.25) is 15.1 Å². The van der Waals surface area contributed by atoms with E-state index in [9.17, 15) is 4.79 Å². The van der Waals surface area contributed by atoms with Crippen LogP contribution in [0.5, 0.6) is 11.5 Å². The van der Waals surface area contributed by atoms with Crippen LogP contribution in [0.2, 0.25) is 5.02 Å². The smallest absolute Gasteiger partial charge is 0.283 e. The van der Waals surface area contributed by atoms with Crippen molar-refractivity contribution in [3.05, 3.63) is 103 Å². The normalized spacial score (nSPS) is 16.1. The molecule has 1 N–H and O–H groups in total. The second kappa shape index (κ2) is 10.5. The van der Waals surface area contributed by atoms with Crippen LogP contribution in [0.1, 0.15) is 16.7 Å². The molecular formula is C27H19ClIN3O3S. The van der Waals surface area contributed by atoms with Crippen molar-refractivity contribution in [1.29, 1.82) is 5.41 Å². The molecule has 0 saturated carbocycles. The maximum absolute atomic E-state index is 12.9. The van der Waals surface area contributed by atoms with Gasteiger partial charge in [0.25, 0.3) is 5.91 Å². The van der Waals surface area contributed by atoms with E-state index in [0.717, 1.165) is 20.4 Å². The number of ether oxygens (including phenoxy) is 2. The van der Waals surface area contributed by atoms with Gasteiger partial charge in [0.1, 0.15) is 12.4 Å². The maximum Gasteiger partial charge on any atom is 0.283 e. The van der Waals surface area contributed by atoms with Crippen LogP contribution in [0.25, 0.3) is 11.8 Å². The fraction of sp³-hybridized carbons (Fsp3) is 0.0741. The molecule has 0 radical (unpaired) electrons. The quantitative estimate of drug-likeness (QED) is 0.239. The van der Waals surface area contributed by atoms with E-state index < -0.39 is 5.91 Å². The van der Waals surface area contributed by atoms with Gasteiger partial charge in [-0.2, -0.15) is 4.99 Å². The Morgan fingerprint density at radius 1 is 1.14 bits per heavy atom.